The molecule has 0 fully saturated rings. The first kappa shape index (κ1) is 15.6. The molecule has 0 saturated carbocycles. The number of amides is 1. The van der Waals surface area contributed by atoms with E-state index in [1.165, 1.54) is 0 Å². The van der Waals surface area contributed by atoms with Crippen LogP contribution in [-0.4, -0.2) is 37.2 Å². The van der Waals surface area contributed by atoms with E-state index in [0.717, 1.165) is 7.11 Å². The van der Waals surface area contributed by atoms with E-state index in [0.29, 0.717) is 0 Å². The molecule has 17 heavy (non-hydrogen) atoms. The molecule has 0 radical (unpaired) electrons. The van der Waals surface area contributed by atoms with Gasteiger partial charge in [0.2, 0.25) is 6.43 Å². The van der Waals surface area contributed by atoms with Crippen molar-refractivity contribution in [3.05, 3.63) is 0 Å². The molecule has 1 amide bonds. The zero-order chi connectivity index (χ0) is 13.6. The number of carbonyl (C=O) groups excluding carboxylic acids is 2. The number of halogens is 2. The Labute approximate surface area is 98.5 Å². The lowest BCUT2D eigenvalue weighted by Crippen LogP contribution is -2.44. The van der Waals surface area contributed by atoms with Crippen molar-refractivity contribution in [2.24, 2.45) is 0 Å². The van der Waals surface area contributed by atoms with Crippen LogP contribution in [0.4, 0.5) is 13.6 Å². The fraction of sp³-hybridized carbons (Fsp3) is 0.800. The van der Waals surface area contributed by atoms with E-state index in [4.69, 9.17) is 4.74 Å². The first-order chi connectivity index (χ1) is 7.65. The molecule has 0 aliphatic heterocycles. The van der Waals surface area contributed by atoms with E-state index in [2.05, 4.69) is 4.74 Å². The smallest absolute Gasteiger partial charge is 0.408 e. The van der Waals surface area contributed by atoms with Gasteiger partial charge in [0.05, 0.1) is 7.11 Å². The Balaban J connectivity index is 4.43. The summed E-state index contributed by atoms with van der Waals surface area (Å²) in [6, 6.07) is -1.41. The van der Waals surface area contributed by atoms with Gasteiger partial charge in [-0.3, -0.25) is 0 Å². The van der Waals surface area contributed by atoms with Crippen LogP contribution in [-0.2, 0) is 14.3 Å². The summed E-state index contributed by atoms with van der Waals surface area (Å²) in [7, 11) is 1.05. The highest BCUT2D eigenvalue weighted by atomic mass is 19.3. The predicted molar refractivity (Wildman–Crippen MR) is 55.8 cm³/mol. The van der Waals surface area contributed by atoms with E-state index < -0.39 is 36.6 Å². The molecule has 0 aliphatic rings. The van der Waals surface area contributed by atoms with Gasteiger partial charge in [-0.2, -0.15) is 0 Å². The van der Waals surface area contributed by atoms with Crippen molar-refractivity contribution in [1.29, 1.82) is 0 Å². The standard InChI is InChI=1S/C10H17F2NO4/c1-10(2,3)17-9(15)13-6(5-7(11)12)8(14)16-4/h6-7H,5H2,1-4H3,(H,13,15)/t6-/m0/s1. The highest BCUT2D eigenvalue weighted by Crippen LogP contribution is 2.09. The Morgan fingerprint density at radius 3 is 2.18 bits per heavy atom. The molecule has 0 unspecified atom stereocenters. The average Bonchev–Trinajstić information content (AvgIpc) is 2.11. The van der Waals surface area contributed by atoms with Gasteiger partial charge in [-0.15, -0.1) is 0 Å². The lowest BCUT2D eigenvalue weighted by Gasteiger charge is -2.22. The topological polar surface area (TPSA) is 64.6 Å². The molecule has 0 aromatic carbocycles. The van der Waals surface area contributed by atoms with E-state index >= 15 is 0 Å². The van der Waals surface area contributed by atoms with Crippen molar-refractivity contribution in [3.63, 3.8) is 0 Å². The van der Waals surface area contributed by atoms with Crippen LogP contribution in [0.3, 0.4) is 0 Å². The van der Waals surface area contributed by atoms with Gasteiger partial charge in [-0.05, 0) is 20.8 Å². The van der Waals surface area contributed by atoms with E-state index in [-0.39, 0.29) is 0 Å². The first-order valence-corrected chi connectivity index (χ1v) is 5.01. The molecule has 0 bridgehead atoms. The third-order valence-corrected chi connectivity index (χ3v) is 1.59. The van der Waals surface area contributed by atoms with Gasteiger partial charge in [-0.1, -0.05) is 0 Å². The second-order valence-electron chi connectivity index (χ2n) is 4.35. The van der Waals surface area contributed by atoms with Gasteiger partial charge in [0.25, 0.3) is 0 Å². The number of alkyl carbamates (subject to hydrolysis) is 1. The summed E-state index contributed by atoms with van der Waals surface area (Å²) >= 11 is 0. The summed E-state index contributed by atoms with van der Waals surface area (Å²) in [5, 5.41) is 2.04. The lowest BCUT2D eigenvalue weighted by molar-refractivity contribution is -0.144. The Hall–Kier alpha value is -1.40. The highest BCUT2D eigenvalue weighted by Gasteiger charge is 2.27. The molecule has 0 heterocycles. The zero-order valence-corrected chi connectivity index (χ0v) is 10.3. The Morgan fingerprint density at radius 1 is 1.29 bits per heavy atom. The van der Waals surface area contributed by atoms with E-state index in [9.17, 15) is 18.4 Å². The van der Waals surface area contributed by atoms with Crippen LogP contribution in [0.5, 0.6) is 0 Å². The summed E-state index contributed by atoms with van der Waals surface area (Å²) < 4.78 is 33.5. The molecule has 0 spiro atoms. The quantitative estimate of drug-likeness (QED) is 0.774. The maximum atomic E-state index is 12.2. The highest BCUT2D eigenvalue weighted by molar-refractivity contribution is 5.81. The Morgan fingerprint density at radius 2 is 1.82 bits per heavy atom. The minimum absolute atomic E-state index is 0.768. The number of hydrogen-bond acceptors (Lipinski definition) is 4. The average molecular weight is 253 g/mol. The maximum absolute atomic E-state index is 12.2. The molecular formula is C10H17F2NO4. The van der Waals surface area contributed by atoms with E-state index in [1.54, 1.807) is 20.8 Å². The number of methoxy groups -OCH3 is 1. The van der Waals surface area contributed by atoms with Crippen LogP contribution in [0, 0.1) is 0 Å². The fourth-order valence-corrected chi connectivity index (χ4v) is 0.984. The van der Waals surface area contributed by atoms with Crippen molar-refractivity contribution < 1.29 is 27.8 Å². The summed E-state index contributed by atoms with van der Waals surface area (Å²) in [6.45, 7) is 4.85. The molecule has 100 valence electrons. The van der Waals surface area contributed by atoms with Gasteiger partial charge in [0.1, 0.15) is 11.6 Å². The molecule has 0 aromatic heterocycles. The largest absolute Gasteiger partial charge is 0.467 e. The predicted octanol–water partition coefficient (Wildman–Crippen LogP) is 1.71. The Bertz CT molecular complexity index is 276. The van der Waals surface area contributed by atoms with Gasteiger partial charge in [0.15, 0.2) is 0 Å². The summed E-state index contributed by atoms with van der Waals surface area (Å²) in [4.78, 5) is 22.4. The maximum Gasteiger partial charge on any atom is 0.408 e. The van der Waals surface area contributed by atoms with Crippen LogP contribution in [0.2, 0.25) is 0 Å². The minimum Gasteiger partial charge on any atom is -0.467 e. The van der Waals surface area contributed by atoms with Crippen molar-refractivity contribution >= 4 is 12.1 Å². The number of alkyl halides is 2. The normalized spacial score (nSPS) is 13.1. The van der Waals surface area contributed by atoms with Crippen molar-refractivity contribution in [2.45, 2.75) is 45.3 Å². The molecule has 5 nitrogen and oxygen atoms in total. The third kappa shape index (κ3) is 7.48. The number of nitrogens with one attached hydrogen (secondary N) is 1. The van der Waals surface area contributed by atoms with Crippen LogP contribution in [0.25, 0.3) is 0 Å². The van der Waals surface area contributed by atoms with Crippen LogP contribution in [0.1, 0.15) is 27.2 Å². The first-order valence-electron chi connectivity index (χ1n) is 5.01. The van der Waals surface area contributed by atoms with Gasteiger partial charge in [-0.25, -0.2) is 18.4 Å². The van der Waals surface area contributed by atoms with Crippen molar-refractivity contribution in [3.8, 4) is 0 Å². The molecule has 1 N–H and O–H groups in total. The van der Waals surface area contributed by atoms with Gasteiger partial charge >= 0.3 is 12.1 Å². The second kappa shape index (κ2) is 6.36. The molecule has 0 saturated heterocycles. The summed E-state index contributed by atoms with van der Waals surface area (Å²) in [5.74, 6) is -0.934. The fourth-order valence-electron chi connectivity index (χ4n) is 0.984. The SMILES string of the molecule is COC(=O)[C@H](CC(F)F)NC(=O)OC(C)(C)C. The molecule has 0 rings (SSSR count). The lowest BCUT2D eigenvalue weighted by atomic mass is 10.2. The summed E-state index contributed by atoms with van der Waals surface area (Å²) in [5.41, 5.74) is -0.768. The zero-order valence-electron chi connectivity index (χ0n) is 10.3. The number of esters is 1. The van der Waals surface area contributed by atoms with Gasteiger partial charge in [0, 0.05) is 6.42 Å². The van der Waals surface area contributed by atoms with Gasteiger partial charge < -0.3 is 14.8 Å². The molecule has 7 heteroatoms. The molecule has 0 aromatic rings. The van der Waals surface area contributed by atoms with Crippen LogP contribution in [0.15, 0.2) is 0 Å². The van der Waals surface area contributed by atoms with Crippen molar-refractivity contribution in [2.75, 3.05) is 7.11 Å². The molecule has 1 atom stereocenters. The van der Waals surface area contributed by atoms with Crippen LogP contribution < -0.4 is 5.32 Å². The number of rotatable bonds is 4. The molecular weight excluding hydrogens is 236 g/mol. The number of hydrogen-bond donors (Lipinski definition) is 1. The summed E-state index contributed by atoms with van der Waals surface area (Å²) in [6.07, 6.45) is -4.48. The van der Waals surface area contributed by atoms with Crippen molar-refractivity contribution in [1.82, 2.24) is 5.32 Å². The third-order valence-electron chi connectivity index (χ3n) is 1.59. The van der Waals surface area contributed by atoms with E-state index in [1.807, 2.05) is 5.32 Å². The second-order valence-corrected chi connectivity index (χ2v) is 4.35. The Kier molecular flexibility index (Phi) is 5.84. The number of ether oxygens (including phenoxy) is 2. The number of carbonyl (C=O) groups is 2. The minimum atomic E-state index is -2.73. The monoisotopic (exact) mass is 253 g/mol. The molecule has 0 aliphatic carbocycles. The van der Waals surface area contributed by atoms with Crippen LogP contribution >= 0.6 is 0 Å².